The third kappa shape index (κ3) is 3.48. The molecular weight excluding hydrogens is 246 g/mol. The summed E-state index contributed by atoms with van der Waals surface area (Å²) >= 11 is 0. The summed E-state index contributed by atoms with van der Waals surface area (Å²) in [4.78, 5) is 1.90. The van der Waals surface area contributed by atoms with E-state index in [4.69, 9.17) is 10.5 Å². The molecule has 0 bridgehead atoms. The zero-order chi connectivity index (χ0) is 14.2. The van der Waals surface area contributed by atoms with E-state index in [1.807, 2.05) is 77.7 Å². The van der Waals surface area contributed by atoms with Gasteiger partial charge in [-0.05, 0) is 17.7 Å². The van der Waals surface area contributed by atoms with E-state index >= 15 is 0 Å². The highest BCUT2D eigenvalue weighted by Crippen LogP contribution is 2.18. The maximum atomic E-state index is 8.92. The van der Waals surface area contributed by atoms with Gasteiger partial charge in [-0.2, -0.15) is 10.5 Å². The van der Waals surface area contributed by atoms with Gasteiger partial charge in [-0.1, -0.05) is 48.5 Å². The predicted molar refractivity (Wildman–Crippen MR) is 78.4 cm³/mol. The minimum atomic E-state index is 0.0878. The predicted octanol–water partition coefficient (Wildman–Crippen LogP) is 3.62. The molecule has 2 rings (SSSR count). The molecule has 0 aromatic heterocycles. The van der Waals surface area contributed by atoms with Gasteiger partial charge in [-0.15, -0.1) is 0 Å². The fourth-order valence-corrected chi connectivity index (χ4v) is 1.85. The normalized spacial score (nSPS) is 9.10. The monoisotopic (exact) mass is 259 g/mol. The van der Waals surface area contributed by atoms with E-state index in [2.05, 4.69) is 0 Å². The summed E-state index contributed by atoms with van der Waals surface area (Å²) in [5.74, 6) is 0. The van der Waals surface area contributed by atoms with Gasteiger partial charge in [-0.3, -0.25) is 0 Å². The number of rotatable bonds is 4. The zero-order valence-corrected chi connectivity index (χ0v) is 10.9. The second-order valence-corrected chi connectivity index (χ2v) is 4.22. The van der Waals surface area contributed by atoms with Crippen LogP contribution in [0, 0.1) is 22.7 Å². The maximum Gasteiger partial charge on any atom is 0.145 e. The van der Waals surface area contributed by atoms with Crippen molar-refractivity contribution in [1.82, 2.24) is 0 Å². The number of benzene rings is 2. The molecule has 0 saturated heterocycles. The van der Waals surface area contributed by atoms with Crippen LogP contribution in [0.25, 0.3) is 0 Å². The molecule has 0 heterocycles. The van der Waals surface area contributed by atoms with Crippen LogP contribution >= 0.6 is 0 Å². The lowest BCUT2D eigenvalue weighted by atomic mass is 10.2. The van der Waals surface area contributed by atoms with E-state index in [0.717, 1.165) is 11.3 Å². The Balaban J connectivity index is 2.33. The number of nitriles is 2. The second kappa shape index (κ2) is 6.78. The van der Waals surface area contributed by atoms with Crippen molar-refractivity contribution in [2.45, 2.75) is 6.54 Å². The van der Waals surface area contributed by atoms with Crippen molar-refractivity contribution in [1.29, 1.82) is 10.5 Å². The molecule has 0 unspecified atom stereocenters. The molecule has 0 aliphatic rings. The Morgan fingerprint density at radius 2 is 1.45 bits per heavy atom. The minimum Gasteiger partial charge on any atom is -0.341 e. The molecular formula is C17H13N3. The van der Waals surface area contributed by atoms with Crippen LogP contribution in [0.3, 0.4) is 0 Å². The van der Waals surface area contributed by atoms with Crippen LogP contribution < -0.4 is 4.90 Å². The lowest BCUT2D eigenvalue weighted by Crippen LogP contribution is -2.16. The van der Waals surface area contributed by atoms with Crippen molar-refractivity contribution >= 4 is 5.69 Å². The van der Waals surface area contributed by atoms with Crippen LogP contribution in [0.4, 0.5) is 5.69 Å². The molecule has 96 valence electrons. The van der Waals surface area contributed by atoms with Gasteiger partial charge < -0.3 is 4.90 Å². The fraction of sp³-hybridized carbons (Fsp3) is 0.0588. The van der Waals surface area contributed by atoms with Crippen molar-refractivity contribution in [3.05, 3.63) is 78.0 Å². The Bertz CT molecular complexity index is 645. The molecule has 2 aromatic rings. The van der Waals surface area contributed by atoms with Crippen molar-refractivity contribution < 1.29 is 0 Å². The van der Waals surface area contributed by atoms with Crippen molar-refractivity contribution in [2.24, 2.45) is 0 Å². The quantitative estimate of drug-likeness (QED) is 0.788. The van der Waals surface area contributed by atoms with Crippen LogP contribution in [0.2, 0.25) is 0 Å². The minimum absolute atomic E-state index is 0.0878. The average Bonchev–Trinajstić information content (AvgIpc) is 2.53. The Morgan fingerprint density at radius 3 is 2.00 bits per heavy atom. The van der Waals surface area contributed by atoms with Gasteiger partial charge in [0.1, 0.15) is 17.7 Å². The van der Waals surface area contributed by atoms with Gasteiger partial charge in [0.25, 0.3) is 0 Å². The molecule has 0 amide bonds. The summed E-state index contributed by atoms with van der Waals surface area (Å²) in [5.41, 5.74) is 2.15. The highest BCUT2D eigenvalue weighted by atomic mass is 15.1. The van der Waals surface area contributed by atoms with Crippen molar-refractivity contribution in [3.63, 3.8) is 0 Å². The summed E-state index contributed by atoms with van der Waals surface area (Å²) < 4.78 is 0. The van der Waals surface area contributed by atoms with E-state index in [-0.39, 0.29) is 5.57 Å². The first kappa shape index (κ1) is 13.4. The highest BCUT2D eigenvalue weighted by molar-refractivity contribution is 5.52. The maximum absolute atomic E-state index is 8.92. The molecule has 20 heavy (non-hydrogen) atoms. The lowest BCUT2D eigenvalue weighted by Gasteiger charge is -2.20. The fourth-order valence-electron chi connectivity index (χ4n) is 1.85. The molecule has 0 fully saturated rings. The van der Waals surface area contributed by atoms with Gasteiger partial charge in [0.05, 0.1) is 0 Å². The largest absolute Gasteiger partial charge is 0.341 e. The van der Waals surface area contributed by atoms with Crippen LogP contribution in [-0.2, 0) is 6.54 Å². The summed E-state index contributed by atoms with van der Waals surface area (Å²) in [5, 5.41) is 17.8. The van der Waals surface area contributed by atoms with Gasteiger partial charge in [-0.25, -0.2) is 0 Å². The third-order valence-electron chi connectivity index (χ3n) is 2.81. The second-order valence-electron chi connectivity index (χ2n) is 4.22. The molecule has 0 atom stereocenters. The average molecular weight is 259 g/mol. The van der Waals surface area contributed by atoms with Crippen LogP contribution in [0.15, 0.2) is 72.4 Å². The van der Waals surface area contributed by atoms with Crippen LogP contribution in [-0.4, -0.2) is 0 Å². The van der Waals surface area contributed by atoms with Gasteiger partial charge in [0, 0.05) is 18.4 Å². The Morgan fingerprint density at radius 1 is 0.900 bits per heavy atom. The van der Waals surface area contributed by atoms with E-state index in [0.29, 0.717) is 6.54 Å². The molecule has 0 saturated carbocycles. The number of hydrogen-bond acceptors (Lipinski definition) is 3. The van der Waals surface area contributed by atoms with Crippen LogP contribution in [0.1, 0.15) is 5.56 Å². The topological polar surface area (TPSA) is 50.8 Å². The number of anilines is 1. The molecule has 0 radical (unpaired) electrons. The first-order chi connectivity index (χ1) is 9.83. The highest BCUT2D eigenvalue weighted by Gasteiger charge is 2.06. The smallest absolute Gasteiger partial charge is 0.145 e. The molecule has 3 heteroatoms. The third-order valence-corrected chi connectivity index (χ3v) is 2.81. The number of allylic oxidation sites excluding steroid dienone is 1. The summed E-state index contributed by atoms with van der Waals surface area (Å²) in [7, 11) is 0. The first-order valence-corrected chi connectivity index (χ1v) is 6.21. The van der Waals surface area contributed by atoms with E-state index in [1.165, 1.54) is 0 Å². The molecule has 0 aliphatic heterocycles. The molecule has 2 aromatic carbocycles. The van der Waals surface area contributed by atoms with E-state index < -0.39 is 0 Å². The molecule has 0 spiro atoms. The molecule has 0 aliphatic carbocycles. The summed E-state index contributed by atoms with van der Waals surface area (Å²) in [6, 6.07) is 23.4. The van der Waals surface area contributed by atoms with Gasteiger partial charge in [0.15, 0.2) is 0 Å². The Labute approximate surface area is 118 Å². The van der Waals surface area contributed by atoms with Crippen molar-refractivity contribution in [3.8, 4) is 12.1 Å². The van der Waals surface area contributed by atoms with Crippen molar-refractivity contribution in [2.75, 3.05) is 4.90 Å². The molecule has 3 nitrogen and oxygen atoms in total. The number of nitrogens with zero attached hydrogens (tertiary/aromatic N) is 3. The Hall–Kier alpha value is -3.04. The number of para-hydroxylation sites is 1. The summed E-state index contributed by atoms with van der Waals surface area (Å²) in [6.45, 7) is 0.609. The lowest BCUT2D eigenvalue weighted by molar-refractivity contribution is 0.964. The van der Waals surface area contributed by atoms with Crippen LogP contribution in [0.5, 0.6) is 0 Å². The summed E-state index contributed by atoms with van der Waals surface area (Å²) in [6.07, 6.45) is 1.59. The van der Waals surface area contributed by atoms with E-state index in [1.54, 1.807) is 6.20 Å². The molecule has 0 N–H and O–H groups in total. The standard InChI is InChI=1S/C17H13N3/c18-11-16(12-19)14-20(17-9-5-2-6-10-17)13-15-7-3-1-4-8-15/h1-10,14H,13H2. The first-order valence-electron chi connectivity index (χ1n) is 6.21. The van der Waals surface area contributed by atoms with E-state index in [9.17, 15) is 0 Å². The van der Waals surface area contributed by atoms with Gasteiger partial charge in [0.2, 0.25) is 0 Å². The zero-order valence-electron chi connectivity index (χ0n) is 10.9. The Kier molecular flexibility index (Phi) is 4.54. The number of hydrogen-bond donors (Lipinski definition) is 0. The van der Waals surface area contributed by atoms with Gasteiger partial charge >= 0.3 is 0 Å². The SMILES string of the molecule is N#CC(C#N)=CN(Cc1ccccc1)c1ccccc1.